The normalized spacial score (nSPS) is 11.6. The van der Waals surface area contributed by atoms with Crippen LogP contribution in [0, 0.1) is 0 Å². The van der Waals surface area contributed by atoms with Gasteiger partial charge in [-0.25, -0.2) is 9.59 Å². The van der Waals surface area contributed by atoms with Crippen molar-refractivity contribution in [3.8, 4) is 0 Å². The largest absolute Gasteiger partial charge is 0.477 e. The highest BCUT2D eigenvalue weighted by atomic mass is 32.2. The van der Waals surface area contributed by atoms with Gasteiger partial charge in [0.25, 0.3) is 10.1 Å². The zero-order valence-corrected chi connectivity index (χ0v) is 11.0. The van der Waals surface area contributed by atoms with Gasteiger partial charge in [0.15, 0.2) is 0 Å². The van der Waals surface area contributed by atoms with Gasteiger partial charge in [0.1, 0.15) is 14.6 Å². The lowest BCUT2D eigenvalue weighted by Gasteiger charge is -2.06. The van der Waals surface area contributed by atoms with Crippen molar-refractivity contribution in [2.24, 2.45) is 0 Å². The Morgan fingerprint density at radius 2 is 1.94 bits per heavy atom. The molecule has 0 radical (unpaired) electrons. The molecule has 1 aromatic rings. The molecule has 0 saturated heterocycles. The molecule has 100 valence electrons. The van der Waals surface area contributed by atoms with Crippen molar-refractivity contribution in [2.75, 3.05) is 0 Å². The number of thiophene rings is 1. The number of carboxylic acid groups (broad SMARTS) is 1. The van der Waals surface area contributed by atoms with Crippen LogP contribution in [0.1, 0.15) is 33.2 Å². The van der Waals surface area contributed by atoms with Crippen molar-refractivity contribution in [3.63, 3.8) is 0 Å². The quantitative estimate of drug-likeness (QED) is 0.633. The standard InChI is InChI=1S/C9H10O7S2/c1-4(2)16-9(12)7-6(18(13,14)15)3-5(17-7)8(10)11/h3-4H,1-2H3,(H,10,11)(H,13,14,15). The van der Waals surface area contributed by atoms with Gasteiger partial charge in [-0.1, -0.05) is 0 Å². The molecule has 0 aliphatic heterocycles. The van der Waals surface area contributed by atoms with Gasteiger partial charge in [0.05, 0.1) is 6.10 Å². The van der Waals surface area contributed by atoms with Gasteiger partial charge in [-0.05, 0) is 19.9 Å². The average molecular weight is 294 g/mol. The van der Waals surface area contributed by atoms with Gasteiger partial charge >= 0.3 is 11.9 Å². The summed E-state index contributed by atoms with van der Waals surface area (Å²) >= 11 is 0.431. The van der Waals surface area contributed by atoms with E-state index in [9.17, 15) is 18.0 Å². The minimum atomic E-state index is -4.68. The van der Waals surface area contributed by atoms with Gasteiger partial charge < -0.3 is 9.84 Å². The Hall–Kier alpha value is -1.45. The molecule has 1 aromatic heterocycles. The first-order chi connectivity index (χ1) is 8.12. The van der Waals surface area contributed by atoms with E-state index in [0.29, 0.717) is 11.3 Å². The van der Waals surface area contributed by atoms with Crippen LogP contribution in [0.5, 0.6) is 0 Å². The van der Waals surface area contributed by atoms with Gasteiger partial charge in [0.2, 0.25) is 0 Å². The summed E-state index contributed by atoms with van der Waals surface area (Å²) in [6, 6.07) is 0.721. The summed E-state index contributed by atoms with van der Waals surface area (Å²) in [5.74, 6) is -2.39. The predicted octanol–water partition coefficient (Wildman–Crippen LogP) is 1.26. The fraction of sp³-hybridized carbons (Fsp3) is 0.333. The molecule has 0 saturated carbocycles. The van der Waals surface area contributed by atoms with Crippen LogP contribution in [0.2, 0.25) is 0 Å². The maximum atomic E-state index is 11.6. The van der Waals surface area contributed by atoms with Crippen LogP contribution in [-0.2, 0) is 14.9 Å². The summed E-state index contributed by atoms with van der Waals surface area (Å²) in [7, 11) is -4.68. The number of carboxylic acids is 1. The van der Waals surface area contributed by atoms with Crippen molar-refractivity contribution in [1.82, 2.24) is 0 Å². The van der Waals surface area contributed by atoms with Gasteiger partial charge in [0, 0.05) is 0 Å². The lowest BCUT2D eigenvalue weighted by atomic mass is 10.4. The summed E-state index contributed by atoms with van der Waals surface area (Å²) in [6.07, 6.45) is -0.498. The topological polar surface area (TPSA) is 118 Å². The van der Waals surface area contributed by atoms with Crippen LogP contribution in [0.3, 0.4) is 0 Å². The first-order valence-electron chi connectivity index (χ1n) is 4.68. The number of rotatable bonds is 4. The zero-order chi connectivity index (χ0) is 14.1. The number of hydrogen-bond acceptors (Lipinski definition) is 6. The number of carbonyl (C=O) groups is 2. The molecule has 0 aromatic carbocycles. The van der Waals surface area contributed by atoms with E-state index in [1.54, 1.807) is 13.8 Å². The molecule has 9 heteroatoms. The fourth-order valence-electron chi connectivity index (χ4n) is 1.08. The van der Waals surface area contributed by atoms with E-state index in [1.165, 1.54) is 0 Å². The first kappa shape index (κ1) is 14.6. The average Bonchev–Trinajstić information content (AvgIpc) is 2.59. The zero-order valence-electron chi connectivity index (χ0n) is 9.41. The molecular weight excluding hydrogens is 284 g/mol. The molecule has 18 heavy (non-hydrogen) atoms. The minimum absolute atomic E-state index is 0.377. The third-order valence-electron chi connectivity index (χ3n) is 1.71. The van der Waals surface area contributed by atoms with E-state index in [1.807, 2.05) is 0 Å². The van der Waals surface area contributed by atoms with Crippen molar-refractivity contribution < 1.29 is 32.4 Å². The second-order valence-electron chi connectivity index (χ2n) is 3.54. The lowest BCUT2D eigenvalue weighted by Crippen LogP contribution is -2.13. The molecule has 0 unspecified atom stereocenters. The highest BCUT2D eigenvalue weighted by Crippen LogP contribution is 2.27. The second kappa shape index (κ2) is 5.04. The maximum absolute atomic E-state index is 11.6. The number of hydrogen-bond donors (Lipinski definition) is 2. The Balaban J connectivity index is 3.33. The van der Waals surface area contributed by atoms with Crippen molar-refractivity contribution in [1.29, 1.82) is 0 Å². The summed E-state index contributed by atoms with van der Waals surface area (Å²) in [5, 5.41) is 8.73. The van der Waals surface area contributed by atoms with Crippen molar-refractivity contribution >= 4 is 33.4 Å². The van der Waals surface area contributed by atoms with E-state index in [0.717, 1.165) is 6.07 Å². The van der Waals surface area contributed by atoms with Gasteiger partial charge in [-0.3, -0.25) is 4.55 Å². The van der Waals surface area contributed by atoms with Gasteiger partial charge in [-0.15, -0.1) is 11.3 Å². The van der Waals surface area contributed by atoms with Crippen LogP contribution in [-0.4, -0.2) is 36.1 Å². The summed E-state index contributed by atoms with van der Waals surface area (Å²) in [5.41, 5.74) is 0. The molecule has 2 N–H and O–H groups in total. The van der Waals surface area contributed by atoms with Crippen LogP contribution in [0.4, 0.5) is 0 Å². The van der Waals surface area contributed by atoms with Crippen molar-refractivity contribution in [2.45, 2.75) is 24.8 Å². The molecular formula is C9H10O7S2. The molecule has 0 spiro atoms. The molecule has 1 heterocycles. The number of esters is 1. The van der Waals surface area contributed by atoms with Crippen LogP contribution < -0.4 is 0 Å². The minimum Gasteiger partial charge on any atom is -0.477 e. The number of aromatic carboxylic acids is 1. The summed E-state index contributed by atoms with van der Waals surface area (Å²) in [6.45, 7) is 3.10. The lowest BCUT2D eigenvalue weighted by molar-refractivity contribution is 0.0379. The predicted molar refractivity (Wildman–Crippen MR) is 61.6 cm³/mol. The second-order valence-corrected chi connectivity index (χ2v) is 5.98. The molecule has 0 atom stereocenters. The Morgan fingerprint density at radius 1 is 1.39 bits per heavy atom. The SMILES string of the molecule is CC(C)OC(=O)c1sc(C(=O)O)cc1S(=O)(=O)O. The number of carbonyl (C=O) groups excluding carboxylic acids is 1. The molecule has 0 amide bonds. The highest BCUT2D eigenvalue weighted by Gasteiger charge is 2.28. The summed E-state index contributed by atoms with van der Waals surface area (Å²) in [4.78, 5) is 20.7. The van der Waals surface area contributed by atoms with Crippen LogP contribution >= 0.6 is 11.3 Å². The third-order valence-corrected chi connectivity index (χ3v) is 3.82. The molecule has 7 nitrogen and oxygen atoms in total. The molecule has 0 aliphatic rings. The van der Waals surface area contributed by atoms with E-state index in [4.69, 9.17) is 14.4 Å². The van der Waals surface area contributed by atoms with E-state index >= 15 is 0 Å². The Kier molecular flexibility index (Phi) is 4.09. The maximum Gasteiger partial charge on any atom is 0.350 e. The van der Waals surface area contributed by atoms with E-state index < -0.39 is 37.9 Å². The Bertz CT molecular complexity index is 582. The van der Waals surface area contributed by atoms with Crippen LogP contribution in [0.15, 0.2) is 11.0 Å². The fourth-order valence-corrected chi connectivity index (χ4v) is 2.96. The van der Waals surface area contributed by atoms with E-state index in [2.05, 4.69) is 0 Å². The van der Waals surface area contributed by atoms with E-state index in [-0.39, 0.29) is 4.88 Å². The summed E-state index contributed by atoms with van der Waals surface area (Å²) < 4.78 is 35.8. The smallest absolute Gasteiger partial charge is 0.350 e. The van der Waals surface area contributed by atoms with Gasteiger partial charge in [-0.2, -0.15) is 8.42 Å². The first-order valence-corrected chi connectivity index (χ1v) is 6.94. The third kappa shape index (κ3) is 3.28. The monoisotopic (exact) mass is 294 g/mol. The molecule has 0 aliphatic carbocycles. The number of ether oxygens (including phenoxy) is 1. The Morgan fingerprint density at radius 3 is 2.33 bits per heavy atom. The van der Waals surface area contributed by atoms with Crippen molar-refractivity contribution in [3.05, 3.63) is 15.8 Å². The van der Waals surface area contributed by atoms with Crippen LogP contribution in [0.25, 0.3) is 0 Å². The highest BCUT2D eigenvalue weighted by molar-refractivity contribution is 7.86. The Labute approximate surface area is 107 Å². The molecule has 0 fully saturated rings. The molecule has 1 rings (SSSR count). The molecule has 0 bridgehead atoms.